The van der Waals surface area contributed by atoms with Gasteiger partial charge in [-0.2, -0.15) is 11.8 Å². The molecule has 45 heavy (non-hydrogen) atoms. The van der Waals surface area contributed by atoms with Gasteiger partial charge in [0.15, 0.2) is 12.4 Å². The maximum Gasteiger partial charge on any atom is 0.306 e. The van der Waals surface area contributed by atoms with E-state index >= 15 is 0 Å². The van der Waals surface area contributed by atoms with E-state index in [1.165, 1.54) is 24.8 Å². The fraction of sp³-hybridized carbons (Fsp3) is 0.541. The van der Waals surface area contributed by atoms with Crippen LogP contribution in [-0.2, 0) is 38.5 Å². The summed E-state index contributed by atoms with van der Waals surface area (Å²) in [5.41, 5.74) is 3.97. The second-order valence-corrected chi connectivity index (χ2v) is 12.8. The van der Waals surface area contributed by atoms with E-state index in [0.717, 1.165) is 41.9 Å². The van der Waals surface area contributed by atoms with Gasteiger partial charge in [-0.1, -0.05) is 87.4 Å². The van der Waals surface area contributed by atoms with Gasteiger partial charge in [0.1, 0.15) is 5.78 Å². The third kappa shape index (κ3) is 16.4. The number of unbranched alkanes of at least 4 members (excludes halogenated alkanes) is 2. The summed E-state index contributed by atoms with van der Waals surface area (Å²) in [5, 5.41) is 19.7. The molecule has 0 aliphatic heterocycles. The van der Waals surface area contributed by atoms with Crippen molar-refractivity contribution in [1.82, 2.24) is 0 Å². The lowest BCUT2D eigenvalue weighted by molar-refractivity contribution is -0.142. The average molecular weight is 641 g/mol. The molecule has 3 atom stereocenters. The number of hydrogen-bond donors (Lipinski definition) is 2. The molecule has 1 fully saturated rings. The van der Waals surface area contributed by atoms with E-state index in [9.17, 15) is 24.6 Å². The first kappa shape index (κ1) is 38.4. The van der Waals surface area contributed by atoms with Crippen LogP contribution >= 0.6 is 11.8 Å². The Labute approximate surface area is 273 Å². The van der Waals surface area contributed by atoms with E-state index in [1.807, 2.05) is 60.3 Å². The second kappa shape index (κ2) is 22.7. The Hall–Kier alpha value is -2.78. The molecule has 7 nitrogen and oxygen atoms in total. The number of esters is 1. The highest BCUT2D eigenvalue weighted by Gasteiger charge is 2.29. The molecule has 0 saturated heterocycles. The molecule has 248 valence electrons. The monoisotopic (exact) mass is 640 g/mol. The Kier molecular flexibility index (Phi) is 19.4. The standard InChI is InChI=1S/C20H30O3S.C17H22O4/c1-3-5-6-8-17-10-12-18(13-11-17)19(21)16-23-20(22)9-7-15-24-14-4-2;1-21-11-13-4-2-3-12(7-13)8-15(18)6-5-14-9-16(19)10-17(14)20/h10-13H,3-9,14-16H2,1-2H3;2-7,14-15,17-18,20H,8-11H2,1H3/b;6-5+/t;14-,15-,17-/m.1/s1. The van der Waals surface area contributed by atoms with E-state index in [-0.39, 0.29) is 36.5 Å². The van der Waals surface area contributed by atoms with Crippen LogP contribution < -0.4 is 0 Å². The molecule has 1 aliphatic rings. The third-order valence-corrected chi connectivity index (χ3v) is 8.72. The molecule has 2 aromatic carbocycles. The van der Waals surface area contributed by atoms with Crippen molar-refractivity contribution in [2.75, 3.05) is 25.2 Å². The first-order chi connectivity index (χ1) is 21.7. The molecule has 2 aromatic rings. The van der Waals surface area contributed by atoms with Gasteiger partial charge in [-0.3, -0.25) is 14.4 Å². The van der Waals surface area contributed by atoms with Gasteiger partial charge >= 0.3 is 5.97 Å². The molecule has 0 bridgehead atoms. The van der Waals surface area contributed by atoms with Gasteiger partial charge < -0.3 is 19.7 Å². The van der Waals surface area contributed by atoms with Gasteiger partial charge in [0, 0.05) is 44.3 Å². The van der Waals surface area contributed by atoms with Crippen molar-refractivity contribution in [1.29, 1.82) is 0 Å². The third-order valence-electron chi connectivity index (χ3n) is 7.45. The van der Waals surface area contributed by atoms with E-state index in [0.29, 0.717) is 31.4 Å². The maximum atomic E-state index is 12.1. The quantitative estimate of drug-likeness (QED) is 0.0756. The molecule has 1 aliphatic carbocycles. The van der Waals surface area contributed by atoms with Crippen molar-refractivity contribution < 1.29 is 34.1 Å². The van der Waals surface area contributed by atoms with Gasteiger partial charge in [-0.15, -0.1) is 0 Å². The number of methoxy groups -OCH3 is 1. The summed E-state index contributed by atoms with van der Waals surface area (Å²) in [6, 6.07) is 15.6. The summed E-state index contributed by atoms with van der Waals surface area (Å²) < 4.78 is 10.2. The van der Waals surface area contributed by atoms with Crippen molar-refractivity contribution in [2.24, 2.45) is 5.92 Å². The molecule has 1 saturated carbocycles. The predicted octanol–water partition coefficient (Wildman–Crippen LogP) is 6.70. The zero-order valence-electron chi connectivity index (χ0n) is 27.2. The number of Topliss-reactive ketones (excluding diaryl/α,β-unsaturated/α-hetero) is 2. The topological polar surface area (TPSA) is 110 Å². The van der Waals surface area contributed by atoms with Gasteiger partial charge in [-0.05, 0) is 53.9 Å². The summed E-state index contributed by atoms with van der Waals surface area (Å²) in [6.07, 6.45) is 10.3. The van der Waals surface area contributed by atoms with Crippen LogP contribution in [0.15, 0.2) is 60.7 Å². The number of carbonyl (C=O) groups excluding carboxylic acids is 3. The van der Waals surface area contributed by atoms with Crippen LogP contribution in [0.3, 0.4) is 0 Å². The van der Waals surface area contributed by atoms with E-state index in [4.69, 9.17) is 9.47 Å². The number of benzene rings is 2. The Morgan fingerprint density at radius 3 is 2.40 bits per heavy atom. The van der Waals surface area contributed by atoms with Crippen molar-refractivity contribution in [3.05, 3.63) is 82.9 Å². The van der Waals surface area contributed by atoms with Crippen molar-refractivity contribution in [3.8, 4) is 0 Å². The van der Waals surface area contributed by atoms with Crippen molar-refractivity contribution >= 4 is 29.3 Å². The van der Waals surface area contributed by atoms with E-state index < -0.39 is 12.2 Å². The van der Waals surface area contributed by atoms with Crippen molar-refractivity contribution in [3.63, 3.8) is 0 Å². The number of rotatable bonds is 19. The van der Waals surface area contributed by atoms with Crippen LogP contribution in [0.4, 0.5) is 0 Å². The number of aryl methyl sites for hydroxylation is 1. The highest BCUT2D eigenvalue weighted by atomic mass is 32.2. The second-order valence-electron chi connectivity index (χ2n) is 11.5. The van der Waals surface area contributed by atoms with E-state index in [2.05, 4.69) is 13.8 Å². The molecule has 8 heteroatoms. The first-order valence-corrected chi connectivity index (χ1v) is 17.4. The Bertz CT molecular complexity index is 1180. The average Bonchev–Trinajstić information content (AvgIpc) is 3.36. The number of aliphatic hydroxyl groups excluding tert-OH is 2. The predicted molar refractivity (Wildman–Crippen MR) is 182 cm³/mol. The zero-order chi connectivity index (χ0) is 32.9. The lowest BCUT2D eigenvalue weighted by Gasteiger charge is -2.10. The molecule has 0 radical (unpaired) electrons. The first-order valence-electron chi connectivity index (χ1n) is 16.2. The molecule has 0 aromatic heterocycles. The van der Waals surface area contributed by atoms with Crippen LogP contribution in [0.25, 0.3) is 0 Å². The SMILES string of the molecule is CCCCCc1ccc(C(=O)COC(=O)CCCSCCC)cc1.COCc1cccc(C[C@H](O)/C=C/[C@@H]2CC(=O)C[C@H]2O)c1. The number of thioether (sulfide) groups is 1. The minimum atomic E-state index is -0.620. The number of ketones is 2. The smallest absolute Gasteiger partial charge is 0.306 e. The fourth-order valence-corrected chi connectivity index (χ4v) is 5.80. The number of ether oxygens (including phenoxy) is 2. The molecular weight excluding hydrogens is 588 g/mol. The summed E-state index contributed by atoms with van der Waals surface area (Å²) >= 11 is 1.85. The molecule has 2 N–H and O–H groups in total. The van der Waals surface area contributed by atoms with Gasteiger partial charge in [0.25, 0.3) is 0 Å². The number of aliphatic hydroxyl groups is 2. The Morgan fingerprint density at radius 2 is 1.73 bits per heavy atom. The summed E-state index contributed by atoms with van der Waals surface area (Å²) in [4.78, 5) is 34.9. The number of carbonyl (C=O) groups is 3. The largest absolute Gasteiger partial charge is 0.457 e. The Morgan fingerprint density at radius 1 is 0.978 bits per heavy atom. The Balaban J connectivity index is 0.000000316. The van der Waals surface area contributed by atoms with Gasteiger partial charge in [0.05, 0.1) is 18.8 Å². The van der Waals surface area contributed by atoms with Crippen LogP contribution in [0.1, 0.15) is 92.3 Å². The van der Waals surface area contributed by atoms with Crippen LogP contribution in [0.2, 0.25) is 0 Å². The van der Waals surface area contributed by atoms with Gasteiger partial charge in [-0.25, -0.2) is 0 Å². The van der Waals surface area contributed by atoms with Gasteiger partial charge in [0.2, 0.25) is 0 Å². The van der Waals surface area contributed by atoms with Crippen LogP contribution in [0.5, 0.6) is 0 Å². The summed E-state index contributed by atoms with van der Waals surface area (Å²) in [6.45, 7) is 4.73. The maximum absolute atomic E-state index is 12.1. The highest BCUT2D eigenvalue weighted by Crippen LogP contribution is 2.24. The normalized spacial score (nSPS) is 16.8. The lowest BCUT2D eigenvalue weighted by atomic mass is 10.0. The highest BCUT2D eigenvalue weighted by molar-refractivity contribution is 7.99. The fourth-order valence-electron chi connectivity index (χ4n) is 4.96. The molecule has 3 rings (SSSR count). The molecule has 0 unspecified atom stereocenters. The minimum Gasteiger partial charge on any atom is -0.457 e. The summed E-state index contributed by atoms with van der Waals surface area (Å²) in [7, 11) is 1.65. The minimum absolute atomic E-state index is 0.0823. The molecule has 0 amide bonds. The molecule has 0 heterocycles. The lowest BCUT2D eigenvalue weighted by Crippen LogP contribution is -2.14. The summed E-state index contributed by atoms with van der Waals surface area (Å²) in [5.74, 6) is 1.60. The van der Waals surface area contributed by atoms with Crippen LogP contribution in [0, 0.1) is 5.92 Å². The van der Waals surface area contributed by atoms with Crippen LogP contribution in [-0.4, -0.2) is 65.2 Å². The van der Waals surface area contributed by atoms with E-state index in [1.54, 1.807) is 19.3 Å². The molecule has 0 spiro atoms. The van der Waals surface area contributed by atoms with Crippen molar-refractivity contribution in [2.45, 2.75) is 96.9 Å². The zero-order valence-corrected chi connectivity index (χ0v) is 28.1. The number of hydrogen-bond acceptors (Lipinski definition) is 8. The molecular formula is C37H52O7S.